The van der Waals surface area contributed by atoms with Crippen molar-refractivity contribution in [3.63, 3.8) is 0 Å². The molecule has 0 fully saturated rings. The lowest BCUT2D eigenvalue weighted by Gasteiger charge is -2.35. The number of carbonyl (C=O) groups excluding carboxylic acids is 1. The predicted molar refractivity (Wildman–Crippen MR) is 118 cm³/mol. The highest BCUT2D eigenvalue weighted by atomic mass is 35.5. The molecule has 1 heterocycles. The second-order valence-corrected chi connectivity index (χ2v) is 8.08. The van der Waals surface area contributed by atoms with Gasteiger partial charge in [-0.15, -0.1) is 0 Å². The fourth-order valence-corrected chi connectivity index (χ4v) is 4.34. The van der Waals surface area contributed by atoms with Gasteiger partial charge in [0.1, 0.15) is 6.04 Å². The number of nitrogens with zero attached hydrogens (tertiary/aromatic N) is 1. The van der Waals surface area contributed by atoms with Crippen molar-refractivity contribution in [2.45, 2.75) is 31.3 Å². The zero-order chi connectivity index (χ0) is 21.3. The lowest BCUT2D eigenvalue weighted by atomic mass is 9.77. The minimum absolute atomic E-state index is 0.0499. The van der Waals surface area contributed by atoms with E-state index in [4.69, 9.17) is 11.6 Å². The summed E-state index contributed by atoms with van der Waals surface area (Å²) in [5.74, 6) is -0.686. The van der Waals surface area contributed by atoms with Crippen LogP contribution in [0.15, 0.2) is 72.8 Å². The number of hydrogen-bond donors (Lipinski definition) is 1. The maximum absolute atomic E-state index is 13.0. The zero-order valence-corrected chi connectivity index (χ0v) is 17.2. The Labute approximate surface area is 179 Å². The van der Waals surface area contributed by atoms with Crippen molar-refractivity contribution in [2.75, 3.05) is 5.32 Å². The molecule has 6 heteroatoms. The van der Waals surface area contributed by atoms with Crippen LogP contribution in [0.1, 0.15) is 45.4 Å². The number of anilines is 1. The van der Waals surface area contributed by atoms with Gasteiger partial charge in [0, 0.05) is 27.6 Å². The minimum Gasteiger partial charge on any atom is -0.372 e. The van der Waals surface area contributed by atoms with E-state index in [2.05, 4.69) is 5.32 Å². The highest BCUT2D eigenvalue weighted by Gasteiger charge is 2.46. The summed E-state index contributed by atoms with van der Waals surface area (Å²) in [5, 5.41) is 16.1. The van der Waals surface area contributed by atoms with Gasteiger partial charge < -0.3 is 5.32 Å². The third-order valence-electron chi connectivity index (χ3n) is 5.64. The first-order valence-electron chi connectivity index (χ1n) is 9.78. The van der Waals surface area contributed by atoms with Crippen molar-refractivity contribution in [2.24, 2.45) is 0 Å². The molecule has 5 nitrogen and oxygen atoms in total. The molecule has 30 heavy (non-hydrogen) atoms. The molecule has 0 saturated heterocycles. The van der Waals surface area contributed by atoms with Crippen molar-refractivity contribution in [1.29, 1.82) is 0 Å². The van der Waals surface area contributed by atoms with Crippen LogP contribution in [0.4, 0.5) is 5.69 Å². The monoisotopic (exact) mass is 420 g/mol. The molecule has 0 bridgehead atoms. The van der Waals surface area contributed by atoms with Crippen LogP contribution in [0.3, 0.4) is 0 Å². The molecule has 0 radical (unpaired) electrons. The zero-order valence-electron chi connectivity index (χ0n) is 16.4. The molecule has 1 N–H and O–H groups in total. The van der Waals surface area contributed by atoms with Gasteiger partial charge in [0.25, 0.3) is 0 Å². The molecule has 3 atom stereocenters. The Balaban J connectivity index is 1.76. The second-order valence-electron chi connectivity index (χ2n) is 7.64. The summed E-state index contributed by atoms with van der Waals surface area (Å²) in [4.78, 5) is 25.0. The highest BCUT2D eigenvalue weighted by Crippen LogP contribution is 2.44. The Kier molecular flexibility index (Phi) is 5.55. The first kappa shape index (κ1) is 20.1. The summed E-state index contributed by atoms with van der Waals surface area (Å²) in [5.41, 5.74) is 4.00. The van der Waals surface area contributed by atoms with Crippen LogP contribution in [0.2, 0.25) is 5.02 Å². The van der Waals surface area contributed by atoms with Gasteiger partial charge in [0.2, 0.25) is 6.04 Å². The van der Waals surface area contributed by atoms with Crippen molar-refractivity contribution in [3.05, 3.63) is 110 Å². The van der Waals surface area contributed by atoms with Gasteiger partial charge in [0.05, 0.1) is 5.92 Å². The van der Waals surface area contributed by atoms with E-state index in [1.54, 1.807) is 24.3 Å². The summed E-state index contributed by atoms with van der Waals surface area (Å²) >= 11 is 5.93. The van der Waals surface area contributed by atoms with E-state index in [9.17, 15) is 14.9 Å². The summed E-state index contributed by atoms with van der Waals surface area (Å²) in [6.45, 7) is 1.96. The molecule has 1 aliphatic rings. The number of ketones is 1. The Morgan fingerprint density at radius 3 is 2.50 bits per heavy atom. The average Bonchev–Trinajstić information content (AvgIpc) is 2.73. The number of fused-ring (bicyclic) bond motifs is 1. The van der Waals surface area contributed by atoms with Crippen molar-refractivity contribution < 1.29 is 9.72 Å². The van der Waals surface area contributed by atoms with Crippen molar-refractivity contribution in [3.8, 4) is 0 Å². The third kappa shape index (κ3) is 3.94. The van der Waals surface area contributed by atoms with Gasteiger partial charge in [-0.05, 0) is 48.4 Å². The Morgan fingerprint density at radius 1 is 1.07 bits per heavy atom. The van der Waals surface area contributed by atoms with Gasteiger partial charge in [0.15, 0.2) is 5.78 Å². The van der Waals surface area contributed by atoms with Crippen LogP contribution in [-0.4, -0.2) is 16.7 Å². The largest absolute Gasteiger partial charge is 0.372 e. The highest BCUT2D eigenvalue weighted by molar-refractivity contribution is 6.30. The topological polar surface area (TPSA) is 72.2 Å². The Bertz CT molecular complexity index is 1100. The van der Waals surface area contributed by atoms with E-state index in [-0.39, 0.29) is 17.1 Å². The number of hydrogen-bond acceptors (Lipinski definition) is 4. The lowest BCUT2D eigenvalue weighted by Crippen LogP contribution is -2.42. The molecular weight excluding hydrogens is 400 g/mol. The summed E-state index contributed by atoms with van der Waals surface area (Å²) in [6.07, 6.45) is 0.0499. The van der Waals surface area contributed by atoms with E-state index in [1.165, 1.54) is 0 Å². The van der Waals surface area contributed by atoms with Crippen LogP contribution in [0.5, 0.6) is 0 Å². The van der Waals surface area contributed by atoms with Crippen LogP contribution in [0, 0.1) is 17.0 Å². The molecule has 4 rings (SSSR count). The summed E-state index contributed by atoms with van der Waals surface area (Å²) in [6, 6.07) is 20.4. The van der Waals surface area contributed by atoms with E-state index in [1.807, 2.05) is 55.5 Å². The second kappa shape index (κ2) is 8.28. The smallest absolute Gasteiger partial charge is 0.244 e. The SMILES string of the molecule is Cc1cccc([C@@H]2Nc3ccccc3[C@@H](CC(=O)c3ccc(Cl)cc3)[C@@H]2[N+](=O)[O-])c1. The normalized spacial score (nSPS) is 20.1. The van der Waals surface area contributed by atoms with Gasteiger partial charge in [-0.25, -0.2) is 0 Å². The number of halogens is 1. The predicted octanol–water partition coefficient (Wildman–Crippen LogP) is 5.82. The number of nitro groups is 1. The molecule has 0 amide bonds. The number of aryl methyl sites for hydroxylation is 1. The van der Waals surface area contributed by atoms with Gasteiger partial charge in [-0.2, -0.15) is 0 Å². The molecule has 0 aliphatic carbocycles. The van der Waals surface area contributed by atoms with Crippen LogP contribution < -0.4 is 5.32 Å². The number of nitrogens with one attached hydrogen (secondary N) is 1. The molecular formula is C24H21ClN2O3. The maximum atomic E-state index is 13.0. The summed E-state index contributed by atoms with van der Waals surface area (Å²) in [7, 11) is 0. The molecule has 3 aromatic carbocycles. The number of para-hydroxylation sites is 1. The number of carbonyl (C=O) groups is 1. The fourth-order valence-electron chi connectivity index (χ4n) is 4.22. The third-order valence-corrected chi connectivity index (χ3v) is 5.89. The van der Waals surface area contributed by atoms with Gasteiger partial charge >= 0.3 is 0 Å². The van der Waals surface area contributed by atoms with E-state index in [0.717, 1.165) is 22.4 Å². The van der Waals surface area contributed by atoms with E-state index >= 15 is 0 Å². The summed E-state index contributed by atoms with van der Waals surface area (Å²) < 4.78 is 0. The van der Waals surface area contributed by atoms with Crippen LogP contribution >= 0.6 is 11.6 Å². The van der Waals surface area contributed by atoms with Gasteiger partial charge in [-0.1, -0.05) is 59.6 Å². The van der Waals surface area contributed by atoms with Crippen LogP contribution in [0.25, 0.3) is 0 Å². The van der Waals surface area contributed by atoms with Gasteiger partial charge in [-0.3, -0.25) is 14.9 Å². The molecule has 3 aromatic rings. The van der Waals surface area contributed by atoms with Crippen LogP contribution in [-0.2, 0) is 0 Å². The first-order chi connectivity index (χ1) is 14.4. The molecule has 0 spiro atoms. The standard InChI is InChI=1S/C24H21ClN2O3/c1-15-5-4-6-17(13-15)23-24(27(29)30)20(19-7-2-3-8-21(19)26-23)14-22(28)16-9-11-18(25)12-10-16/h2-13,20,23-24,26H,14H2,1H3/t20-,23+,24+/m1/s1. The Hall–Kier alpha value is -3.18. The quantitative estimate of drug-likeness (QED) is 0.321. The molecule has 0 saturated carbocycles. The van der Waals surface area contributed by atoms with Crippen molar-refractivity contribution in [1.82, 2.24) is 0 Å². The minimum atomic E-state index is -0.974. The molecule has 0 aromatic heterocycles. The number of Topliss-reactive ketones (excluding diaryl/α,β-unsaturated/α-hetero) is 1. The number of benzene rings is 3. The fraction of sp³-hybridized carbons (Fsp3) is 0.208. The molecule has 0 unspecified atom stereocenters. The molecule has 152 valence electrons. The average molecular weight is 421 g/mol. The van der Waals surface area contributed by atoms with E-state index < -0.39 is 18.0 Å². The Morgan fingerprint density at radius 2 is 1.80 bits per heavy atom. The number of rotatable bonds is 5. The van der Waals surface area contributed by atoms with E-state index in [0.29, 0.717) is 10.6 Å². The first-order valence-corrected chi connectivity index (χ1v) is 10.2. The lowest BCUT2D eigenvalue weighted by molar-refractivity contribution is -0.530. The molecule has 1 aliphatic heterocycles. The van der Waals surface area contributed by atoms with Crippen molar-refractivity contribution >= 4 is 23.1 Å². The maximum Gasteiger partial charge on any atom is 0.244 e.